The number of halogens is 2. The third kappa shape index (κ3) is 3.90. The van der Waals surface area contributed by atoms with Gasteiger partial charge in [0.15, 0.2) is 11.5 Å². The second-order valence-corrected chi connectivity index (χ2v) is 8.08. The highest BCUT2D eigenvalue weighted by Crippen LogP contribution is 2.26. The fourth-order valence-corrected chi connectivity index (χ4v) is 3.85. The van der Waals surface area contributed by atoms with Crippen molar-refractivity contribution in [1.82, 2.24) is 19.5 Å². The summed E-state index contributed by atoms with van der Waals surface area (Å²) in [7, 11) is 0. The van der Waals surface area contributed by atoms with Crippen LogP contribution in [0.3, 0.4) is 0 Å². The van der Waals surface area contributed by atoms with E-state index in [0.29, 0.717) is 41.2 Å². The number of ether oxygens (including phenoxy) is 1. The third-order valence-electron chi connectivity index (χ3n) is 5.18. The molecule has 0 unspecified atom stereocenters. The Kier molecular flexibility index (Phi) is 5.46. The number of morpholine rings is 1. The van der Waals surface area contributed by atoms with Crippen LogP contribution < -0.4 is 10.5 Å². The molecule has 0 radical (unpaired) electrons. The summed E-state index contributed by atoms with van der Waals surface area (Å²) >= 11 is 12.0. The van der Waals surface area contributed by atoms with Crippen molar-refractivity contribution < 1.29 is 14.4 Å². The molecule has 0 aliphatic carbocycles. The highest BCUT2D eigenvalue weighted by molar-refractivity contribution is 6.42. The first-order chi connectivity index (χ1) is 15.5. The predicted molar refractivity (Wildman–Crippen MR) is 119 cm³/mol. The van der Waals surface area contributed by atoms with Crippen molar-refractivity contribution in [2.24, 2.45) is 0 Å². The molecule has 5 rings (SSSR count). The fraction of sp³-hybridized carbons (Fsp3) is 0.238. The van der Waals surface area contributed by atoms with E-state index < -0.39 is 11.3 Å². The summed E-state index contributed by atoms with van der Waals surface area (Å²) < 4.78 is 11.9. The van der Waals surface area contributed by atoms with Crippen molar-refractivity contribution in [2.75, 3.05) is 31.2 Å². The molecule has 0 bridgehead atoms. The first-order valence-electron chi connectivity index (χ1n) is 9.84. The summed E-state index contributed by atoms with van der Waals surface area (Å²) in [6.07, 6.45) is 1.99. The number of nitrogens with zero attached hydrogens (tertiary/aromatic N) is 5. The minimum absolute atomic E-state index is 0.0468. The topological polar surface area (TPSA) is 106 Å². The van der Waals surface area contributed by atoms with E-state index in [-0.39, 0.29) is 11.6 Å². The summed E-state index contributed by atoms with van der Waals surface area (Å²) in [6, 6.07) is 8.78. The molecule has 1 aliphatic heterocycles. The summed E-state index contributed by atoms with van der Waals surface area (Å²) in [5.41, 5.74) is 1.34. The van der Waals surface area contributed by atoms with Crippen LogP contribution in [0.25, 0.3) is 17.2 Å². The van der Waals surface area contributed by atoms with Gasteiger partial charge < -0.3 is 19.3 Å². The Morgan fingerprint density at radius 1 is 1.06 bits per heavy atom. The fourth-order valence-electron chi connectivity index (χ4n) is 3.53. The van der Waals surface area contributed by atoms with Gasteiger partial charge in [-0.2, -0.15) is 4.98 Å². The number of hydrogen-bond acceptors (Lipinski definition) is 8. The summed E-state index contributed by atoms with van der Waals surface area (Å²) in [5.74, 6) is -0.261. The Morgan fingerprint density at radius 3 is 2.66 bits per heavy atom. The summed E-state index contributed by atoms with van der Waals surface area (Å²) in [5, 5.41) is 15.3. The van der Waals surface area contributed by atoms with Gasteiger partial charge in [-0.3, -0.25) is 9.20 Å². The second kappa shape index (κ2) is 8.42. The second-order valence-electron chi connectivity index (χ2n) is 7.27. The van der Waals surface area contributed by atoms with Crippen molar-refractivity contribution in [3.63, 3.8) is 0 Å². The lowest BCUT2D eigenvalue weighted by Gasteiger charge is -2.28. The van der Waals surface area contributed by atoms with Crippen molar-refractivity contribution in [3.05, 3.63) is 68.3 Å². The Hall–Kier alpha value is -3.14. The highest BCUT2D eigenvalue weighted by atomic mass is 35.5. The number of hydrogen-bond donors (Lipinski definition) is 1. The number of pyridine rings is 1. The Bertz CT molecular complexity index is 1360. The van der Waals surface area contributed by atoms with E-state index in [1.807, 2.05) is 6.07 Å². The van der Waals surface area contributed by atoms with Crippen LogP contribution in [0, 0.1) is 0 Å². The van der Waals surface area contributed by atoms with Crippen molar-refractivity contribution in [1.29, 1.82) is 0 Å². The van der Waals surface area contributed by atoms with Gasteiger partial charge in [-0.05, 0) is 29.8 Å². The maximum atomic E-state index is 12.8. The average molecular weight is 474 g/mol. The molecule has 11 heteroatoms. The lowest BCUT2D eigenvalue weighted by molar-refractivity contribution is 0.122. The van der Waals surface area contributed by atoms with E-state index in [1.165, 1.54) is 4.40 Å². The third-order valence-corrected chi connectivity index (χ3v) is 5.92. The normalized spacial score (nSPS) is 14.2. The van der Waals surface area contributed by atoms with Crippen LogP contribution in [-0.4, -0.2) is 50.9 Å². The molecule has 1 saturated heterocycles. The number of fused-ring (bicyclic) bond motifs is 1. The summed E-state index contributed by atoms with van der Waals surface area (Å²) in [4.78, 5) is 23.6. The van der Waals surface area contributed by atoms with Crippen LogP contribution >= 0.6 is 23.2 Å². The van der Waals surface area contributed by atoms with Gasteiger partial charge in [0.2, 0.25) is 5.75 Å². The van der Waals surface area contributed by atoms with Gasteiger partial charge in [0.25, 0.3) is 5.89 Å². The highest BCUT2D eigenvalue weighted by Gasteiger charge is 2.21. The lowest BCUT2D eigenvalue weighted by Crippen LogP contribution is -2.36. The maximum Gasteiger partial charge on any atom is 0.300 e. The molecule has 9 nitrogen and oxygen atoms in total. The molecule has 4 heterocycles. The molecule has 1 aromatic carbocycles. The van der Waals surface area contributed by atoms with E-state index in [1.54, 1.807) is 30.5 Å². The zero-order valence-corrected chi connectivity index (χ0v) is 18.2. The van der Waals surface area contributed by atoms with Crippen LogP contribution in [0.5, 0.6) is 5.75 Å². The van der Waals surface area contributed by atoms with Crippen molar-refractivity contribution >= 4 is 34.5 Å². The van der Waals surface area contributed by atoms with Gasteiger partial charge in [-0.1, -0.05) is 34.4 Å². The molecule has 0 amide bonds. The molecular formula is C21H17Cl2N5O4. The molecular weight excluding hydrogens is 457 g/mol. The number of benzene rings is 1. The SMILES string of the molecule is O=c1c(O)c(-c2nc(Cc3ccc(Cl)c(Cl)c3)no2)nc2ccc(N3CCOCC3)cn12. The van der Waals surface area contributed by atoms with E-state index in [0.717, 1.165) is 24.3 Å². The largest absolute Gasteiger partial charge is 0.501 e. The lowest BCUT2D eigenvalue weighted by atomic mass is 10.1. The molecule has 32 heavy (non-hydrogen) atoms. The molecule has 1 fully saturated rings. The van der Waals surface area contributed by atoms with Crippen molar-refractivity contribution in [3.8, 4) is 17.3 Å². The zero-order valence-electron chi connectivity index (χ0n) is 16.7. The molecule has 4 aromatic rings. The Labute approximate surface area is 191 Å². The minimum Gasteiger partial charge on any atom is -0.501 e. The number of aromatic hydroxyl groups is 1. The average Bonchev–Trinajstić information content (AvgIpc) is 3.27. The molecule has 3 aromatic heterocycles. The predicted octanol–water partition coefficient (Wildman–Crippen LogP) is 3.18. The van der Waals surface area contributed by atoms with Crippen LogP contribution in [0.4, 0.5) is 5.69 Å². The number of rotatable bonds is 4. The number of aromatic nitrogens is 4. The van der Waals surface area contributed by atoms with E-state index in [4.69, 9.17) is 32.5 Å². The molecule has 0 spiro atoms. The first kappa shape index (κ1) is 20.7. The Balaban J connectivity index is 1.47. The van der Waals surface area contributed by atoms with E-state index in [2.05, 4.69) is 20.0 Å². The van der Waals surface area contributed by atoms with Gasteiger partial charge in [-0.15, -0.1) is 0 Å². The van der Waals surface area contributed by atoms with Crippen LogP contribution in [0.1, 0.15) is 11.4 Å². The quantitative estimate of drug-likeness (QED) is 0.481. The van der Waals surface area contributed by atoms with Crippen molar-refractivity contribution in [2.45, 2.75) is 6.42 Å². The van der Waals surface area contributed by atoms with E-state index >= 15 is 0 Å². The molecule has 164 valence electrons. The van der Waals surface area contributed by atoms with Crippen LogP contribution in [-0.2, 0) is 11.2 Å². The smallest absolute Gasteiger partial charge is 0.300 e. The van der Waals surface area contributed by atoms with Gasteiger partial charge in [0.1, 0.15) is 5.65 Å². The molecule has 1 aliphatic rings. The van der Waals surface area contributed by atoms with Gasteiger partial charge in [-0.25, -0.2) is 4.98 Å². The minimum atomic E-state index is -0.621. The summed E-state index contributed by atoms with van der Waals surface area (Å²) in [6.45, 7) is 2.69. The maximum absolute atomic E-state index is 12.8. The molecule has 0 atom stereocenters. The van der Waals surface area contributed by atoms with Gasteiger partial charge in [0.05, 0.1) is 28.9 Å². The Morgan fingerprint density at radius 2 is 1.88 bits per heavy atom. The van der Waals surface area contributed by atoms with Gasteiger partial charge in [0, 0.05) is 25.7 Å². The first-order valence-corrected chi connectivity index (χ1v) is 10.6. The van der Waals surface area contributed by atoms with Crippen LogP contribution in [0.15, 0.2) is 45.8 Å². The standard InChI is InChI=1S/C21H17Cl2N5O4/c22-14-3-1-12(9-15(14)23)10-16-24-20(32-26-16)18-19(29)21(30)28-11-13(2-4-17(28)25-18)27-5-7-31-8-6-27/h1-4,9,11,29H,5-8,10H2. The molecule has 1 N–H and O–H groups in total. The van der Waals surface area contributed by atoms with E-state index in [9.17, 15) is 9.90 Å². The monoisotopic (exact) mass is 473 g/mol. The van der Waals surface area contributed by atoms with Gasteiger partial charge >= 0.3 is 5.56 Å². The van der Waals surface area contributed by atoms with Crippen LogP contribution in [0.2, 0.25) is 10.0 Å². The number of anilines is 1. The molecule has 0 saturated carbocycles. The zero-order chi connectivity index (χ0) is 22.2.